The van der Waals surface area contributed by atoms with Crippen molar-refractivity contribution in [2.45, 2.75) is 12.8 Å². The summed E-state index contributed by atoms with van der Waals surface area (Å²) in [7, 11) is 0. The third-order valence-electron chi connectivity index (χ3n) is 6.13. The highest BCUT2D eigenvalue weighted by Gasteiger charge is 2.29. The first-order valence-electron chi connectivity index (χ1n) is 11.5. The minimum Gasteiger partial charge on any atom is -0.462 e. The Labute approximate surface area is 198 Å². The van der Waals surface area contributed by atoms with Gasteiger partial charge in [0.05, 0.1) is 24.4 Å². The SMILES string of the molecule is N#Cc1c(N2CCN(CCO)CC2)c(C(=O)OCCCc2ccccc2)c2ccccn2c1=O. The van der Waals surface area contributed by atoms with Crippen molar-refractivity contribution in [2.24, 2.45) is 0 Å². The largest absolute Gasteiger partial charge is 0.462 e. The van der Waals surface area contributed by atoms with Gasteiger partial charge in [-0.05, 0) is 30.5 Å². The molecule has 1 aliphatic rings. The fourth-order valence-corrected chi connectivity index (χ4v) is 4.40. The van der Waals surface area contributed by atoms with Gasteiger partial charge in [-0.1, -0.05) is 36.4 Å². The summed E-state index contributed by atoms with van der Waals surface area (Å²) >= 11 is 0. The van der Waals surface area contributed by atoms with E-state index in [0.29, 0.717) is 50.3 Å². The minimum atomic E-state index is -0.541. The lowest BCUT2D eigenvalue weighted by atomic mass is 10.0. The maximum atomic E-state index is 13.4. The number of rotatable bonds is 8. The van der Waals surface area contributed by atoms with Crippen LogP contribution in [0.3, 0.4) is 0 Å². The standard InChI is InChI=1S/C26H28N4O4/c27-19-21-24(29-14-12-28(13-15-29)16-17-31)23(22-10-4-5-11-30(22)25(21)32)26(33)34-18-6-9-20-7-2-1-3-8-20/h1-5,7-8,10-11,31H,6,9,12-18H2. The molecule has 0 saturated carbocycles. The van der Waals surface area contributed by atoms with E-state index in [4.69, 9.17) is 4.74 Å². The molecule has 0 aliphatic carbocycles. The molecule has 176 valence electrons. The van der Waals surface area contributed by atoms with Crippen molar-refractivity contribution in [3.63, 3.8) is 0 Å². The first-order valence-corrected chi connectivity index (χ1v) is 11.5. The molecule has 1 aromatic carbocycles. The number of aliphatic hydroxyl groups is 1. The summed E-state index contributed by atoms with van der Waals surface area (Å²) in [4.78, 5) is 30.5. The number of β-amino-alcohol motifs (C(OH)–C–C–N with tert-alkyl or cyclic N) is 1. The molecule has 0 radical (unpaired) electrons. The summed E-state index contributed by atoms with van der Waals surface area (Å²) < 4.78 is 6.99. The molecule has 1 fully saturated rings. The predicted octanol–water partition coefficient (Wildman–Crippen LogP) is 2.08. The molecule has 0 spiro atoms. The van der Waals surface area contributed by atoms with Crippen LogP contribution in [-0.4, -0.2) is 66.3 Å². The molecule has 4 rings (SSSR count). The Morgan fingerprint density at radius 3 is 2.50 bits per heavy atom. The Bertz CT molecular complexity index is 1240. The molecule has 1 saturated heterocycles. The van der Waals surface area contributed by atoms with Crippen molar-refractivity contribution in [2.75, 3.05) is 50.8 Å². The Hall–Kier alpha value is -3.67. The molecule has 0 atom stereocenters. The third-order valence-corrected chi connectivity index (χ3v) is 6.13. The second kappa shape index (κ2) is 11.0. The number of carbonyl (C=O) groups excluding carboxylic acids is 1. The van der Waals surface area contributed by atoms with Crippen molar-refractivity contribution in [1.82, 2.24) is 9.30 Å². The maximum Gasteiger partial charge on any atom is 0.342 e. The van der Waals surface area contributed by atoms with Gasteiger partial charge >= 0.3 is 5.97 Å². The minimum absolute atomic E-state index is 0.0597. The number of nitrogens with zero attached hydrogens (tertiary/aromatic N) is 4. The fourth-order valence-electron chi connectivity index (χ4n) is 4.40. The Kier molecular flexibility index (Phi) is 7.58. The van der Waals surface area contributed by atoms with Gasteiger partial charge in [-0.3, -0.25) is 14.1 Å². The summed E-state index contributed by atoms with van der Waals surface area (Å²) in [5, 5.41) is 19.1. The van der Waals surface area contributed by atoms with Gasteiger partial charge in [-0.2, -0.15) is 5.26 Å². The van der Waals surface area contributed by atoms with Crippen LogP contribution in [0.5, 0.6) is 0 Å². The highest BCUT2D eigenvalue weighted by atomic mass is 16.5. The van der Waals surface area contributed by atoms with Crippen LogP contribution in [0.4, 0.5) is 5.69 Å². The second-order valence-corrected chi connectivity index (χ2v) is 8.25. The van der Waals surface area contributed by atoms with Gasteiger partial charge in [0, 0.05) is 38.9 Å². The lowest BCUT2D eigenvalue weighted by Crippen LogP contribution is -2.48. The van der Waals surface area contributed by atoms with Gasteiger partial charge in [0.15, 0.2) is 0 Å². The number of fused-ring (bicyclic) bond motifs is 1. The van der Waals surface area contributed by atoms with E-state index >= 15 is 0 Å². The van der Waals surface area contributed by atoms with E-state index in [1.54, 1.807) is 24.4 Å². The van der Waals surface area contributed by atoms with Crippen molar-refractivity contribution in [3.8, 4) is 6.07 Å². The average Bonchev–Trinajstić information content (AvgIpc) is 2.88. The number of pyridine rings is 2. The number of benzene rings is 1. The van der Waals surface area contributed by atoms with Crippen molar-refractivity contribution in [1.29, 1.82) is 5.26 Å². The summed E-state index contributed by atoms with van der Waals surface area (Å²) in [6.07, 6.45) is 3.01. The van der Waals surface area contributed by atoms with E-state index in [-0.39, 0.29) is 24.3 Å². The number of hydrogen-bond donors (Lipinski definition) is 1. The van der Waals surface area contributed by atoms with Gasteiger partial charge in [0.2, 0.25) is 0 Å². The number of anilines is 1. The number of aliphatic hydroxyl groups excluding tert-OH is 1. The Morgan fingerprint density at radius 1 is 1.06 bits per heavy atom. The quantitative estimate of drug-likeness (QED) is 0.406. The summed E-state index contributed by atoms with van der Waals surface area (Å²) in [6, 6.07) is 17.2. The maximum absolute atomic E-state index is 13.4. The summed E-state index contributed by atoms with van der Waals surface area (Å²) in [5.41, 5.74) is 1.67. The zero-order valence-electron chi connectivity index (χ0n) is 19.0. The van der Waals surface area contributed by atoms with Gasteiger partial charge in [0.1, 0.15) is 17.2 Å². The average molecular weight is 461 g/mol. The molecule has 0 unspecified atom stereocenters. The smallest absolute Gasteiger partial charge is 0.342 e. The van der Waals surface area contributed by atoms with Crippen molar-refractivity contribution >= 4 is 17.2 Å². The molecule has 8 heteroatoms. The molecule has 2 aromatic heterocycles. The molecule has 3 aromatic rings. The molecule has 0 amide bonds. The van der Waals surface area contributed by atoms with Gasteiger partial charge in [0.25, 0.3) is 5.56 Å². The van der Waals surface area contributed by atoms with E-state index in [0.717, 1.165) is 6.42 Å². The lowest BCUT2D eigenvalue weighted by Gasteiger charge is -2.36. The molecular formula is C26H28N4O4. The summed E-state index contributed by atoms with van der Waals surface area (Å²) in [6.45, 7) is 3.25. The number of hydrogen-bond acceptors (Lipinski definition) is 7. The monoisotopic (exact) mass is 460 g/mol. The van der Waals surface area contributed by atoms with Crippen LogP contribution in [-0.2, 0) is 11.2 Å². The number of esters is 1. The van der Waals surface area contributed by atoms with Gasteiger partial charge < -0.3 is 14.7 Å². The normalized spacial score (nSPS) is 14.2. The molecule has 34 heavy (non-hydrogen) atoms. The van der Waals surface area contributed by atoms with E-state index in [1.807, 2.05) is 41.3 Å². The Morgan fingerprint density at radius 2 is 1.79 bits per heavy atom. The third kappa shape index (κ3) is 4.96. The highest BCUT2D eigenvalue weighted by molar-refractivity contribution is 6.04. The molecule has 8 nitrogen and oxygen atoms in total. The van der Waals surface area contributed by atoms with Gasteiger partial charge in [-0.25, -0.2) is 4.79 Å². The second-order valence-electron chi connectivity index (χ2n) is 8.25. The zero-order valence-corrected chi connectivity index (χ0v) is 19.0. The number of aromatic nitrogens is 1. The van der Waals surface area contributed by atoms with Crippen LogP contribution in [0.1, 0.15) is 27.9 Å². The van der Waals surface area contributed by atoms with Crippen molar-refractivity contribution in [3.05, 3.63) is 81.8 Å². The number of ether oxygens (including phenoxy) is 1. The van der Waals surface area contributed by atoms with Crippen LogP contribution >= 0.6 is 0 Å². The van der Waals surface area contributed by atoms with Crippen LogP contribution in [0.25, 0.3) is 5.52 Å². The highest BCUT2D eigenvalue weighted by Crippen LogP contribution is 2.29. The lowest BCUT2D eigenvalue weighted by molar-refractivity contribution is 0.0503. The van der Waals surface area contributed by atoms with Crippen LogP contribution in [0, 0.1) is 11.3 Å². The molecular weight excluding hydrogens is 432 g/mol. The topological polar surface area (TPSA) is 98.3 Å². The van der Waals surface area contributed by atoms with E-state index < -0.39 is 11.5 Å². The number of carbonyl (C=O) groups is 1. The number of aryl methyl sites for hydroxylation is 1. The Balaban J connectivity index is 1.64. The summed E-state index contributed by atoms with van der Waals surface area (Å²) in [5.74, 6) is -0.541. The predicted molar refractivity (Wildman–Crippen MR) is 129 cm³/mol. The van der Waals surface area contributed by atoms with Crippen LogP contribution in [0.15, 0.2) is 59.5 Å². The van der Waals surface area contributed by atoms with E-state index in [1.165, 1.54) is 9.96 Å². The van der Waals surface area contributed by atoms with Crippen LogP contribution in [0.2, 0.25) is 0 Å². The first kappa shape index (κ1) is 23.5. The fraction of sp³-hybridized carbons (Fsp3) is 0.346. The van der Waals surface area contributed by atoms with E-state index in [2.05, 4.69) is 4.90 Å². The zero-order chi connectivity index (χ0) is 23.9. The number of nitriles is 1. The van der Waals surface area contributed by atoms with Crippen LogP contribution < -0.4 is 10.5 Å². The first-order chi connectivity index (χ1) is 16.6. The molecule has 1 aliphatic heterocycles. The van der Waals surface area contributed by atoms with Gasteiger partial charge in [-0.15, -0.1) is 0 Å². The molecule has 3 heterocycles. The van der Waals surface area contributed by atoms with E-state index in [9.17, 15) is 20.0 Å². The molecule has 0 bridgehead atoms. The van der Waals surface area contributed by atoms with Crippen molar-refractivity contribution < 1.29 is 14.6 Å². The number of piperazine rings is 1. The molecule has 1 N–H and O–H groups in total.